The summed E-state index contributed by atoms with van der Waals surface area (Å²) in [7, 11) is 0. The van der Waals surface area contributed by atoms with E-state index in [1.807, 2.05) is 0 Å². The van der Waals surface area contributed by atoms with Crippen LogP contribution in [0.1, 0.15) is 187 Å². The number of nitrogens with two attached hydrogens (primary N) is 1. The summed E-state index contributed by atoms with van der Waals surface area (Å²) in [4.78, 5) is 96.9. The van der Waals surface area contributed by atoms with Gasteiger partial charge in [0.05, 0.1) is 37.7 Å². The maximum absolute atomic E-state index is 13.6. The Morgan fingerprint density at radius 3 is 1.86 bits per heavy atom. The summed E-state index contributed by atoms with van der Waals surface area (Å²) >= 11 is 0. The predicted octanol–water partition coefficient (Wildman–Crippen LogP) is 7.57. The molecular weight excluding hydrogens is 817 g/mol. The lowest BCUT2D eigenvalue weighted by Crippen LogP contribution is -2.56. The number of hydrogen-bond acceptors (Lipinski definition) is 11. The van der Waals surface area contributed by atoms with E-state index in [0.717, 1.165) is 12.8 Å². The molecule has 64 heavy (non-hydrogen) atoms. The highest BCUT2D eigenvalue weighted by molar-refractivity contribution is 5.99. The Labute approximate surface area is 388 Å². The van der Waals surface area contributed by atoms with E-state index in [4.69, 9.17) is 15.2 Å². The molecule has 0 spiro atoms. The number of aromatic nitrogens is 2. The number of amides is 3. The number of nitrogens with one attached hydrogen (secondary N) is 4. The van der Waals surface area contributed by atoms with E-state index >= 15 is 0 Å². The molecule has 0 radical (unpaired) electrons. The molecule has 15 nitrogen and oxygen atoms in total. The van der Waals surface area contributed by atoms with Gasteiger partial charge in [-0.3, -0.25) is 33.6 Å². The van der Waals surface area contributed by atoms with Crippen LogP contribution in [0.25, 0.3) is 0 Å². The van der Waals surface area contributed by atoms with E-state index in [2.05, 4.69) is 32.8 Å². The van der Waals surface area contributed by atoms with Gasteiger partial charge in [-0.2, -0.15) is 0 Å². The van der Waals surface area contributed by atoms with E-state index in [1.54, 1.807) is 47.7 Å². The zero-order valence-electron chi connectivity index (χ0n) is 40.9. The number of hydrogen-bond donors (Lipinski definition) is 5. The molecule has 0 saturated carbocycles. The quantitative estimate of drug-likeness (QED) is 0.0403. The lowest BCUT2D eigenvalue weighted by atomic mass is 9.71. The molecular formula is C49H92N6O9. The summed E-state index contributed by atoms with van der Waals surface area (Å²) in [5.74, 6) is -2.21. The van der Waals surface area contributed by atoms with Gasteiger partial charge in [0.1, 0.15) is 24.0 Å². The normalized spacial score (nSPS) is 13.0. The van der Waals surface area contributed by atoms with Crippen molar-refractivity contribution in [1.82, 2.24) is 25.9 Å². The van der Waals surface area contributed by atoms with Gasteiger partial charge in [0.15, 0.2) is 5.78 Å². The van der Waals surface area contributed by atoms with Crippen molar-refractivity contribution < 1.29 is 47.3 Å². The monoisotopic (exact) mass is 909 g/mol. The Morgan fingerprint density at radius 1 is 0.703 bits per heavy atom. The standard InChI is InChI=1S/C49H86N6O9.3H2/c1-9-10-11-12-13-14-15-16-17-18-19-20-24-44(60)53-26-27-63-28-29-64-35-45(61)52-25-22-21-23-38(37(2)56)30-41(57)47(3,4)32-42(58)48(5,6)33-43(59)49(7,8)55-46(62)40(50)31-39-34-51-36-54-39;;;/h34,36,38,40H,9-33,35,50H2,1-8H3,(H,51,54)(H,52,61)(H,53,60)(H,55,62);3*1H/t38-,40+;;;/m1.../s1. The van der Waals surface area contributed by atoms with Crippen LogP contribution in [0.2, 0.25) is 0 Å². The second-order valence-electron chi connectivity index (χ2n) is 19.4. The molecule has 0 aliphatic carbocycles. The van der Waals surface area contributed by atoms with Gasteiger partial charge in [-0.1, -0.05) is 112 Å². The van der Waals surface area contributed by atoms with Gasteiger partial charge in [-0.15, -0.1) is 0 Å². The number of ether oxygens (including phenoxy) is 2. The van der Waals surface area contributed by atoms with Crippen LogP contribution in [0.15, 0.2) is 12.5 Å². The molecule has 372 valence electrons. The summed E-state index contributed by atoms with van der Waals surface area (Å²) in [6, 6.07) is -0.908. The number of nitrogens with zero attached hydrogens (tertiary/aromatic N) is 1. The Hall–Kier alpha value is -3.82. The van der Waals surface area contributed by atoms with Gasteiger partial charge in [-0.25, -0.2) is 4.98 Å². The average molecular weight is 909 g/mol. The molecule has 1 heterocycles. The average Bonchev–Trinajstić information content (AvgIpc) is 3.74. The number of ketones is 4. The number of H-pyrrole nitrogens is 1. The number of unbranched alkanes of at least 4 members (excludes halogenated alkanes) is 12. The fraction of sp³-hybridized carbons (Fsp3) is 0.796. The van der Waals surface area contributed by atoms with Crippen molar-refractivity contribution in [2.75, 3.05) is 39.5 Å². The summed E-state index contributed by atoms with van der Waals surface area (Å²) in [5, 5.41) is 8.39. The van der Waals surface area contributed by atoms with Crippen LogP contribution in [0.3, 0.4) is 0 Å². The summed E-state index contributed by atoms with van der Waals surface area (Å²) in [6.07, 6.45) is 20.3. The topological polar surface area (TPSA) is 229 Å². The van der Waals surface area contributed by atoms with Gasteiger partial charge in [0.2, 0.25) is 17.7 Å². The third-order valence-electron chi connectivity index (χ3n) is 11.9. The maximum Gasteiger partial charge on any atom is 0.245 e. The van der Waals surface area contributed by atoms with Crippen molar-refractivity contribution in [2.24, 2.45) is 22.5 Å². The van der Waals surface area contributed by atoms with Gasteiger partial charge in [-0.05, 0) is 40.0 Å². The lowest BCUT2D eigenvalue weighted by molar-refractivity contribution is -0.140. The summed E-state index contributed by atoms with van der Waals surface area (Å²) in [5.41, 5.74) is 3.24. The molecule has 0 aromatic carbocycles. The molecule has 1 aromatic rings. The van der Waals surface area contributed by atoms with Crippen molar-refractivity contribution in [2.45, 2.75) is 195 Å². The van der Waals surface area contributed by atoms with Crippen molar-refractivity contribution >= 4 is 40.9 Å². The van der Waals surface area contributed by atoms with Crippen molar-refractivity contribution in [3.05, 3.63) is 18.2 Å². The van der Waals surface area contributed by atoms with Crippen molar-refractivity contribution in [1.29, 1.82) is 0 Å². The van der Waals surface area contributed by atoms with E-state index in [1.165, 1.54) is 77.5 Å². The van der Waals surface area contributed by atoms with Crippen LogP contribution in [-0.4, -0.2) is 102 Å². The lowest BCUT2D eigenvalue weighted by Gasteiger charge is -2.33. The molecule has 1 aromatic heterocycles. The second kappa shape index (κ2) is 32.0. The van der Waals surface area contributed by atoms with Gasteiger partial charge >= 0.3 is 0 Å². The SMILES string of the molecule is CCCCCCCCCCCCCCC(=O)NCCOCCOCC(=O)NCCCC[C@H](CC(=O)C(C)(C)CC(=O)C(C)(C)CC(=O)C(C)(C)NC(=O)[C@@H](N)Cc1cnc[nH]1)C(C)=O.[HH].[HH].[HH]. The highest BCUT2D eigenvalue weighted by atomic mass is 16.5. The van der Waals surface area contributed by atoms with Crippen LogP contribution in [0.4, 0.5) is 0 Å². The van der Waals surface area contributed by atoms with Crippen LogP contribution < -0.4 is 21.7 Å². The largest absolute Gasteiger partial charge is 0.377 e. The molecule has 2 atom stereocenters. The molecule has 0 aliphatic heterocycles. The first-order valence-electron chi connectivity index (χ1n) is 24.1. The first-order valence-corrected chi connectivity index (χ1v) is 24.1. The minimum atomic E-state index is -1.29. The molecule has 3 amide bonds. The number of aromatic amines is 1. The van der Waals surface area contributed by atoms with Crippen LogP contribution in [0, 0.1) is 16.7 Å². The minimum Gasteiger partial charge on any atom is -0.377 e. The first-order chi connectivity index (χ1) is 30.2. The molecule has 0 fully saturated rings. The Balaban J connectivity index is -0.0000137. The van der Waals surface area contributed by atoms with E-state index in [-0.39, 0.29) is 78.1 Å². The zero-order chi connectivity index (χ0) is 48.0. The smallest absolute Gasteiger partial charge is 0.245 e. The van der Waals surface area contributed by atoms with E-state index in [9.17, 15) is 33.6 Å². The molecule has 1 rings (SSSR count). The number of Topliss-reactive ketones (excluding diaryl/α,β-unsaturated/α-hetero) is 4. The molecule has 15 heteroatoms. The van der Waals surface area contributed by atoms with Gasteiger partial charge in [0.25, 0.3) is 0 Å². The van der Waals surface area contributed by atoms with Crippen LogP contribution in [0.5, 0.6) is 0 Å². The third-order valence-corrected chi connectivity index (χ3v) is 11.9. The molecule has 0 bridgehead atoms. The summed E-state index contributed by atoms with van der Waals surface area (Å²) in [6.45, 7) is 15.1. The number of imidazole rings is 1. The summed E-state index contributed by atoms with van der Waals surface area (Å²) < 4.78 is 10.9. The Bertz CT molecular complexity index is 1560. The van der Waals surface area contributed by atoms with E-state index in [0.29, 0.717) is 57.7 Å². The van der Waals surface area contributed by atoms with Gasteiger partial charge in [0, 0.05) is 78.1 Å². The second-order valence-corrected chi connectivity index (χ2v) is 19.4. The van der Waals surface area contributed by atoms with Crippen LogP contribution in [-0.2, 0) is 49.5 Å². The highest BCUT2D eigenvalue weighted by Gasteiger charge is 2.41. The third kappa shape index (κ3) is 26.2. The van der Waals surface area contributed by atoms with E-state index < -0.39 is 34.2 Å². The Kier molecular flexibility index (Phi) is 29.1. The molecule has 0 aliphatic rings. The number of carbonyl (C=O) groups excluding carboxylic acids is 7. The minimum absolute atomic E-state index is 0. The predicted molar refractivity (Wildman–Crippen MR) is 257 cm³/mol. The highest BCUT2D eigenvalue weighted by Crippen LogP contribution is 2.34. The first kappa shape index (κ1) is 58.2. The van der Waals surface area contributed by atoms with Gasteiger partial charge < -0.3 is 36.1 Å². The number of rotatable bonds is 40. The molecule has 6 N–H and O–H groups in total. The molecule has 0 unspecified atom stereocenters. The maximum atomic E-state index is 13.6. The van der Waals surface area contributed by atoms with Crippen LogP contribution >= 0.6 is 0 Å². The molecule has 0 saturated heterocycles. The zero-order valence-corrected chi connectivity index (χ0v) is 40.9. The van der Waals surface area contributed by atoms with Crippen molar-refractivity contribution in [3.8, 4) is 0 Å². The number of carbonyl (C=O) groups is 7. The Morgan fingerprint density at radius 2 is 1.27 bits per heavy atom. The fourth-order valence-corrected chi connectivity index (χ4v) is 7.26. The van der Waals surface area contributed by atoms with Crippen molar-refractivity contribution in [3.63, 3.8) is 0 Å². The fourth-order valence-electron chi connectivity index (χ4n) is 7.26.